The normalized spacial score (nSPS) is 16.2. The number of carboxylic acid groups (broad SMARTS) is 1. The predicted molar refractivity (Wildman–Crippen MR) is 98.7 cm³/mol. The van der Waals surface area contributed by atoms with E-state index in [0.717, 1.165) is 24.0 Å². The first-order valence-corrected chi connectivity index (χ1v) is 8.21. The van der Waals surface area contributed by atoms with Gasteiger partial charge in [-0.1, -0.05) is 0 Å². The minimum absolute atomic E-state index is 0.0105. The molecule has 3 N–H and O–H groups in total. The number of carbonyl (C=O) groups excluding carboxylic acids is 2. The molecule has 1 aliphatic rings. The predicted octanol–water partition coefficient (Wildman–Crippen LogP) is 2.49. The Balaban J connectivity index is 2.18. The number of Topliss-reactive ketones (excluding diaryl/α,β-unsaturated/α-hetero) is 1. The molecule has 1 aliphatic heterocycles. The van der Waals surface area contributed by atoms with Crippen LogP contribution in [0.2, 0.25) is 0 Å². The average Bonchev–Trinajstić information content (AvgIpc) is 2.93. The summed E-state index contributed by atoms with van der Waals surface area (Å²) in [6.45, 7) is 1.15. The van der Waals surface area contributed by atoms with Crippen molar-refractivity contribution in [2.24, 2.45) is 0 Å². The number of amides is 1. The number of anilines is 1. The van der Waals surface area contributed by atoms with Gasteiger partial charge in [0.25, 0.3) is 11.6 Å². The number of hydrogen-bond donors (Lipinski definition) is 3. The van der Waals surface area contributed by atoms with Gasteiger partial charge in [0.05, 0.1) is 16.5 Å². The van der Waals surface area contributed by atoms with Crippen molar-refractivity contribution in [2.75, 3.05) is 4.90 Å². The van der Waals surface area contributed by atoms with Crippen molar-refractivity contribution in [1.82, 2.24) is 0 Å². The number of benzene rings is 2. The second kappa shape index (κ2) is 7.08. The standard InChI is InChI=1S/C19H14N2O8/c1-9(22)15-16(10-2-4-11(5-3-10)21(28)29)20(18(25)17(15)24)12-6-7-14(23)13(8-12)19(26)27/h2-8,16,23-24H,1H3,(H,26,27). The van der Waals surface area contributed by atoms with Crippen LogP contribution in [0.3, 0.4) is 0 Å². The third-order valence-corrected chi connectivity index (χ3v) is 4.50. The monoisotopic (exact) mass is 398 g/mol. The molecule has 2 aromatic carbocycles. The molecule has 0 saturated heterocycles. The lowest BCUT2D eigenvalue weighted by Gasteiger charge is -2.27. The highest BCUT2D eigenvalue weighted by molar-refractivity contribution is 6.16. The van der Waals surface area contributed by atoms with Crippen molar-refractivity contribution in [3.63, 3.8) is 0 Å². The number of ketones is 1. The fourth-order valence-corrected chi connectivity index (χ4v) is 3.17. The van der Waals surface area contributed by atoms with Crippen LogP contribution in [-0.2, 0) is 9.59 Å². The first kappa shape index (κ1) is 19.5. The largest absolute Gasteiger partial charge is 0.507 e. The highest BCUT2D eigenvalue weighted by atomic mass is 16.6. The number of aromatic hydroxyl groups is 1. The van der Waals surface area contributed by atoms with Gasteiger partial charge in [-0.15, -0.1) is 0 Å². The van der Waals surface area contributed by atoms with Crippen molar-refractivity contribution >= 4 is 29.0 Å². The first-order valence-electron chi connectivity index (χ1n) is 8.21. The number of carbonyl (C=O) groups is 3. The molecule has 0 aromatic heterocycles. The SMILES string of the molecule is CC(=O)C1=C(O)C(=O)N(c2ccc(O)c(C(=O)O)c2)C1c1ccc([N+](=O)[O-])cc1. The first-order chi connectivity index (χ1) is 13.6. The molecule has 0 aliphatic carbocycles. The van der Waals surface area contributed by atoms with E-state index in [2.05, 4.69) is 0 Å². The van der Waals surface area contributed by atoms with E-state index < -0.39 is 45.7 Å². The zero-order valence-corrected chi connectivity index (χ0v) is 14.9. The maximum absolute atomic E-state index is 12.7. The third kappa shape index (κ3) is 3.27. The Bertz CT molecular complexity index is 1090. The van der Waals surface area contributed by atoms with Crippen molar-refractivity contribution in [3.8, 4) is 5.75 Å². The molecule has 0 saturated carbocycles. The molecule has 29 heavy (non-hydrogen) atoms. The highest BCUT2D eigenvalue weighted by Gasteiger charge is 2.43. The van der Waals surface area contributed by atoms with Crippen LogP contribution in [-0.4, -0.2) is 37.9 Å². The molecular formula is C19H14N2O8. The number of nitrogens with zero attached hydrogens (tertiary/aromatic N) is 2. The van der Waals surface area contributed by atoms with Crippen molar-refractivity contribution in [1.29, 1.82) is 0 Å². The quantitative estimate of drug-likeness (QED) is 0.512. The Morgan fingerprint density at radius 3 is 2.24 bits per heavy atom. The van der Waals surface area contributed by atoms with Gasteiger partial charge < -0.3 is 15.3 Å². The number of nitro benzene ring substituents is 1. The van der Waals surface area contributed by atoms with Gasteiger partial charge in [-0.2, -0.15) is 0 Å². The van der Waals surface area contributed by atoms with Crippen LogP contribution in [0.1, 0.15) is 28.9 Å². The summed E-state index contributed by atoms with van der Waals surface area (Å²) in [4.78, 5) is 47.4. The van der Waals surface area contributed by atoms with Crippen LogP contribution in [0.4, 0.5) is 11.4 Å². The number of phenols is 1. The van der Waals surface area contributed by atoms with Gasteiger partial charge in [-0.3, -0.25) is 24.6 Å². The van der Waals surface area contributed by atoms with Crippen molar-refractivity contribution in [2.45, 2.75) is 13.0 Å². The molecule has 10 heteroatoms. The summed E-state index contributed by atoms with van der Waals surface area (Å²) < 4.78 is 0. The number of hydrogen-bond acceptors (Lipinski definition) is 7. The molecule has 0 spiro atoms. The van der Waals surface area contributed by atoms with Crippen LogP contribution in [0.5, 0.6) is 5.75 Å². The summed E-state index contributed by atoms with van der Waals surface area (Å²) in [5.41, 5.74) is -0.609. The lowest BCUT2D eigenvalue weighted by Crippen LogP contribution is -2.31. The average molecular weight is 398 g/mol. The fourth-order valence-electron chi connectivity index (χ4n) is 3.17. The number of aromatic carboxylic acids is 1. The zero-order chi connectivity index (χ0) is 21.5. The van der Waals surface area contributed by atoms with E-state index in [1.165, 1.54) is 30.3 Å². The van der Waals surface area contributed by atoms with Crippen LogP contribution in [0.15, 0.2) is 53.8 Å². The van der Waals surface area contributed by atoms with E-state index in [9.17, 15) is 39.8 Å². The Labute approximate surface area is 163 Å². The zero-order valence-electron chi connectivity index (χ0n) is 14.9. The number of non-ortho nitro benzene ring substituents is 1. The summed E-state index contributed by atoms with van der Waals surface area (Å²) in [5.74, 6) is -4.30. The van der Waals surface area contributed by atoms with Crippen LogP contribution < -0.4 is 4.90 Å². The van der Waals surface area contributed by atoms with Gasteiger partial charge >= 0.3 is 5.97 Å². The molecule has 10 nitrogen and oxygen atoms in total. The molecule has 1 heterocycles. The summed E-state index contributed by atoms with van der Waals surface area (Å²) in [6, 6.07) is 7.27. The highest BCUT2D eigenvalue weighted by Crippen LogP contribution is 2.42. The van der Waals surface area contributed by atoms with E-state index >= 15 is 0 Å². The maximum atomic E-state index is 12.7. The lowest BCUT2D eigenvalue weighted by molar-refractivity contribution is -0.384. The molecular weight excluding hydrogens is 384 g/mol. The topological polar surface area (TPSA) is 158 Å². The second-order valence-corrected chi connectivity index (χ2v) is 6.25. The maximum Gasteiger partial charge on any atom is 0.339 e. The number of rotatable bonds is 5. The molecule has 0 radical (unpaired) electrons. The Morgan fingerprint density at radius 1 is 1.10 bits per heavy atom. The van der Waals surface area contributed by atoms with Gasteiger partial charge in [0.15, 0.2) is 11.5 Å². The van der Waals surface area contributed by atoms with Gasteiger partial charge in [-0.05, 0) is 42.8 Å². The van der Waals surface area contributed by atoms with Gasteiger partial charge in [0.2, 0.25) is 0 Å². The molecule has 1 unspecified atom stereocenters. The Morgan fingerprint density at radius 2 is 1.72 bits per heavy atom. The van der Waals surface area contributed by atoms with Crippen LogP contribution in [0.25, 0.3) is 0 Å². The van der Waals surface area contributed by atoms with Crippen LogP contribution in [0, 0.1) is 10.1 Å². The van der Waals surface area contributed by atoms with Gasteiger partial charge in [-0.25, -0.2) is 4.79 Å². The van der Waals surface area contributed by atoms with E-state index in [-0.39, 0.29) is 16.9 Å². The van der Waals surface area contributed by atoms with Crippen molar-refractivity contribution in [3.05, 3.63) is 75.0 Å². The Kier molecular flexibility index (Phi) is 4.77. The summed E-state index contributed by atoms with van der Waals surface area (Å²) in [6.07, 6.45) is 0. The number of carboxylic acids is 1. The summed E-state index contributed by atoms with van der Waals surface area (Å²) in [7, 11) is 0. The number of nitro groups is 1. The molecule has 2 aromatic rings. The second-order valence-electron chi connectivity index (χ2n) is 6.25. The van der Waals surface area contributed by atoms with E-state index in [4.69, 9.17) is 0 Å². The fraction of sp³-hybridized carbons (Fsp3) is 0.105. The van der Waals surface area contributed by atoms with E-state index in [1.54, 1.807) is 0 Å². The number of aliphatic hydroxyl groups is 1. The number of aliphatic hydroxyl groups excluding tert-OH is 1. The molecule has 0 bridgehead atoms. The summed E-state index contributed by atoms with van der Waals surface area (Å²) >= 11 is 0. The third-order valence-electron chi connectivity index (χ3n) is 4.50. The Hall–Kier alpha value is -4.21. The molecule has 148 valence electrons. The van der Waals surface area contributed by atoms with Gasteiger partial charge in [0.1, 0.15) is 11.3 Å². The smallest absolute Gasteiger partial charge is 0.339 e. The van der Waals surface area contributed by atoms with Crippen molar-refractivity contribution < 1.29 is 34.6 Å². The van der Waals surface area contributed by atoms with Crippen LogP contribution >= 0.6 is 0 Å². The minimum Gasteiger partial charge on any atom is -0.507 e. The van der Waals surface area contributed by atoms with E-state index in [1.807, 2.05) is 0 Å². The molecule has 3 rings (SSSR count). The lowest BCUT2D eigenvalue weighted by atomic mass is 9.96. The molecule has 0 fully saturated rings. The molecule has 1 amide bonds. The molecule has 1 atom stereocenters. The van der Waals surface area contributed by atoms with E-state index in [0.29, 0.717) is 5.56 Å². The summed E-state index contributed by atoms with van der Waals surface area (Å²) in [5, 5.41) is 40.1. The van der Waals surface area contributed by atoms with Gasteiger partial charge in [0, 0.05) is 17.8 Å². The minimum atomic E-state index is -1.44.